The summed E-state index contributed by atoms with van der Waals surface area (Å²) >= 11 is 0. The van der Waals surface area contributed by atoms with Crippen LogP contribution in [0, 0.1) is 31.1 Å². The van der Waals surface area contributed by atoms with Gasteiger partial charge in [0.15, 0.2) is 0 Å². The van der Waals surface area contributed by atoms with Gasteiger partial charge in [-0.3, -0.25) is 0 Å². The molecule has 4 rings (SSSR count). The van der Waals surface area contributed by atoms with E-state index in [0.29, 0.717) is 30.3 Å². The van der Waals surface area contributed by atoms with E-state index in [4.69, 9.17) is 14.2 Å². The normalized spacial score (nSPS) is 27.3. The molecule has 4 nitrogen and oxygen atoms in total. The largest absolute Gasteiger partial charge is 0.462 e. The molecule has 0 amide bonds. The molecule has 45 heavy (non-hydrogen) atoms. The molecule has 1 aromatic rings. The van der Waals surface area contributed by atoms with E-state index >= 15 is 0 Å². The van der Waals surface area contributed by atoms with Gasteiger partial charge in [0, 0.05) is 13.2 Å². The Morgan fingerprint density at radius 3 is 1.78 bits per heavy atom. The van der Waals surface area contributed by atoms with Crippen LogP contribution in [0.5, 0.6) is 0 Å². The van der Waals surface area contributed by atoms with Crippen molar-refractivity contribution in [2.24, 2.45) is 17.8 Å². The molecule has 0 spiro atoms. The van der Waals surface area contributed by atoms with Gasteiger partial charge in [0.25, 0.3) is 0 Å². The predicted octanol–water partition coefficient (Wildman–Crippen LogP) is 11.2. The predicted molar refractivity (Wildman–Crippen MR) is 186 cm³/mol. The summed E-state index contributed by atoms with van der Waals surface area (Å²) < 4.78 is 17.7. The second-order valence-corrected chi connectivity index (χ2v) is 14.7. The molecule has 4 heteroatoms. The number of esters is 1. The average Bonchev–Trinajstić information content (AvgIpc) is 3.09. The van der Waals surface area contributed by atoms with Gasteiger partial charge in [-0.15, -0.1) is 12.8 Å². The molecular formula is C41H66O4. The summed E-state index contributed by atoms with van der Waals surface area (Å²) in [6.45, 7) is 8.33. The maximum atomic E-state index is 12.6. The van der Waals surface area contributed by atoms with Crippen molar-refractivity contribution in [3.8, 4) is 0 Å². The lowest BCUT2D eigenvalue weighted by molar-refractivity contribution is 0.0155. The average molecular weight is 623 g/mol. The van der Waals surface area contributed by atoms with Crippen LogP contribution in [0.15, 0.2) is 24.3 Å². The van der Waals surface area contributed by atoms with Crippen molar-refractivity contribution in [2.45, 2.75) is 166 Å². The highest BCUT2D eigenvalue weighted by atomic mass is 16.5. The second kappa shape index (κ2) is 21.4. The molecule has 0 saturated heterocycles. The summed E-state index contributed by atoms with van der Waals surface area (Å²) in [4.78, 5) is 12.6. The first kappa shape index (κ1) is 36.3. The Morgan fingerprint density at radius 1 is 0.667 bits per heavy atom. The van der Waals surface area contributed by atoms with E-state index < -0.39 is 0 Å². The highest BCUT2D eigenvalue weighted by Gasteiger charge is 2.24. The fourth-order valence-electron chi connectivity index (χ4n) is 8.21. The van der Waals surface area contributed by atoms with Crippen LogP contribution in [0.4, 0.5) is 0 Å². The molecular weight excluding hydrogens is 556 g/mol. The molecule has 0 atom stereocenters. The number of carbonyl (C=O) groups is 1. The second-order valence-electron chi connectivity index (χ2n) is 14.7. The molecule has 3 aliphatic rings. The first-order chi connectivity index (χ1) is 22.1. The minimum absolute atomic E-state index is 0.179. The third-order valence-corrected chi connectivity index (χ3v) is 11.4. The van der Waals surface area contributed by atoms with Crippen LogP contribution < -0.4 is 0 Å². The molecule has 0 radical (unpaired) electrons. The quantitative estimate of drug-likeness (QED) is 0.0824. The van der Waals surface area contributed by atoms with Crippen molar-refractivity contribution < 1.29 is 19.0 Å². The number of hydrogen-bond acceptors (Lipinski definition) is 4. The zero-order valence-corrected chi connectivity index (χ0v) is 28.9. The lowest BCUT2D eigenvalue weighted by Gasteiger charge is -2.30. The third kappa shape index (κ3) is 13.6. The number of benzene rings is 1. The van der Waals surface area contributed by atoms with E-state index in [1.807, 2.05) is 18.6 Å². The van der Waals surface area contributed by atoms with Crippen molar-refractivity contribution >= 4 is 5.97 Å². The minimum Gasteiger partial charge on any atom is -0.462 e. The number of rotatable bonds is 20. The van der Waals surface area contributed by atoms with E-state index in [1.165, 1.54) is 115 Å². The van der Waals surface area contributed by atoms with Crippen molar-refractivity contribution in [3.63, 3.8) is 0 Å². The van der Waals surface area contributed by atoms with Gasteiger partial charge in [0.2, 0.25) is 0 Å². The third-order valence-electron chi connectivity index (χ3n) is 11.4. The minimum atomic E-state index is -0.179. The highest BCUT2D eigenvalue weighted by molar-refractivity contribution is 5.89. The SMILES string of the molecule is [CH2+][CH-]CCOC1CCC(CCCCC2CCC(c3ccc(C(=O)OCCCCCCOC4CCC(CC)CC4)cc3)CC2)CC1. The Balaban J connectivity index is 0.983. The summed E-state index contributed by atoms with van der Waals surface area (Å²) in [5, 5.41) is 0. The van der Waals surface area contributed by atoms with Gasteiger partial charge in [-0.1, -0.05) is 64.5 Å². The first-order valence-electron chi connectivity index (χ1n) is 19.3. The zero-order valence-electron chi connectivity index (χ0n) is 28.9. The van der Waals surface area contributed by atoms with Gasteiger partial charge < -0.3 is 14.2 Å². The highest BCUT2D eigenvalue weighted by Crippen LogP contribution is 2.38. The van der Waals surface area contributed by atoms with Crippen LogP contribution in [-0.4, -0.2) is 38.0 Å². The smallest absolute Gasteiger partial charge is 0.338 e. The molecule has 1 aromatic carbocycles. The number of ether oxygens (including phenoxy) is 3. The van der Waals surface area contributed by atoms with Crippen LogP contribution in [-0.2, 0) is 14.2 Å². The Labute approximate surface area is 277 Å². The lowest BCUT2D eigenvalue weighted by atomic mass is 9.76. The summed E-state index contributed by atoms with van der Waals surface area (Å²) in [6, 6.07) is 8.32. The molecule has 0 unspecified atom stereocenters. The summed E-state index contributed by atoms with van der Waals surface area (Å²) in [5.41, 5.74) is 2.09. The number of hydrogen-bond donors (Lipinski definition) is 0. The zero-order chi connectivity index (χ0) is 31.5. The lowest BCUT2D eigenvalue weighted by Crippen LogP contribution is -2.22. The molecule has 0 bridgehead atoms. The summed E-state index contributed by atoms with van der Waals surface area (Å²) in [7, 11) is 0. The fraction of sp³-hybridized carbons (Fsp3) is 0.780. The molecule has 3 aliphatic carbocycles. The van der Waals surface area contributed by atoms with Gasteiger partial charge in [-0.05, 0) is 138 Å². The molecule has 3 saturated carbocycles. The van der Waals surface area contributed by atoms with Crippen molar-refractivity contribution in [1.82, 2.24) is 0 Å². The van der Waals surface area contributed by atoms with Gasteiger partial charge in [0.05, 0.1) is 24.4 Å². The van der Waals surface area contributed by atoms with Crippen LogP contribution in [0.25, 0.3) is 0 Å². The summed E-state index contributed by atoms with van der Waals surface area (Å²) in [5.74, 6) is 3.22. The Morgan fingerprint density at radius 2 is 1.20 bits per heavy atom. The van der Waals surface area contributed by atoms with Crippen LogP contribution in [0.2, 0.25) is 0 Å². The Hall–Kier alpha value is -1.52. The van der Waals surface area contributed by atoms with E-state index in [1.54, 1.807) is 0 Å². The standard InChI is InChI=1S/C41H66O4/c1-3-5-30-43-40-28-18-35(19-29-40)13-9-8-12-34-14-20-36(21-15-34)37-22-24-38(25-23-37)41(42)45-32-11-7-6-10-31-44-39-26-16-33(4-2)17-27-39/h3,22-25,33-36,39-40H,1,4-21,26-32H2,2H3. The van der Waals surface area contributed by atoms with Crippen LogP contribution >= 0.6 is 0 Å². The van der Waals surface area contributed by atoms with Gasteiger partial charge in [-0.2, -0.15) is 0 Å². The van der Waals surface area contributed by atoms with Gasteiger partial charge >= 0.3 is 5.97 Å². The van der Waals surface area contributed by atoms with Crippen LogP contribution in [0.3, 0.4) is 0 Å². The molecule has 0 aromatic heterocycles. The van der Waals surface area contributed by atoms with Gasteiger partial charge in [0.1, 0.15) is 0 Å². The van der Waals surface area contributed by atoms with E-state index in [2.05, 4.69) is 26.0 Å². The maximum Gasteiger partial charge on any atom is 0.338 e. The number of carbonyl (C=O) groups excluding carboxylic acids is 1. The Kier molecular flexibility index (Phi) is 17.2. The van der Waals surface area contributed by atoms with E-state index in [9.17, 15) is 4.79 Å². The molecule has 254 valence electrons. The maximum absolute atomic E-state index is 12.6. The van der Waals surface area contributed by atoms with Gasteiger partial charge in [-0.25, -0.2) is 4.79 Å². The molecule has 0 N–H and O–H groups in total. The van der Waals surface area contributed by atoms with E-state index in [0.717, 1.165) is 63.1 Å². The first-order valence-corrected chi connectivity index (χ1v) is 19.3. The Bertz CT molecular complexity index is 889. The van der Waals surface area contributed by atoms with Crippen molar-refractivity contribution in [2.75, 3.05) is 19.8 Å². The summed E-state index contributed by atoms with van der Waals surface area (Å²) in [6.07, 6.45) is 30.8. The van der Waals surface area contributed by atoms with Crippen molar-refractivity contribution in [3.05, 3.63) is 48.7 Å². The fourth-order valence-corrected chi connectivity index (χ4v) is 8.21. The topological polar surface area (TPSA) is 44.8 Å². The number of unbranched alkanes of at least 4 members (excludes halogenated alkanes) is 5. The van der Waals surface area contributed by atoms with Crippen molar-refractivity contribution in [1.29, 1.82) is 0 Å². The molecule has 0 aliphatic heterocycles. The molecule has 3 fully saturated rings. The monoisotopic (exact) mass is 622 g/mol. The molecule has 0 heterocycles. The van der Waals surface area contributed by atoms with Crippen LogP contribution in [0.1, 0.15) is 170 Å². The van der Waals surface area contributed by atoms with E-state index in [-0.39, 0.29) is 5.97 Å².